The second-order valence-corrected chi connectivity index (χ2v) is 5.49. The van der Waals surface area contributed by atoms with Gasteiger partial charge in [0.1, 0.15) is 5.69 Å². The molecule has 0 aromatic carbocycles. The first-order chi connectivity index (χ1) is 8.69. The smallest absolute Gasteiger partial charge is 0.319 e. The Balaban J connectivity index is 2.95. The van der Waals surface area contributed by atoms with Crippen molar-refractivity contribution in [2.24, 2.45) is 5.41 Å². The number of amides is 1. The van der Waals surface area contributed by atoms with Gasteiger partial charge < -0.3 is 10.0 Å². The van der Waals surface area contributed by atoms with E-state index in [1.54, 1.807) is 13.8 Å². The SMILES string of the molecule is Cc1ccc(C(=O)N(C)CC(C)(C)CO)n1C(F)F. The zero-order valence-electron chi connectivity index (χ0n) is 11.7. The van der Waals surface area contributed by atoms with Crippen LogP contribution in [0.3, 0.4) is 0 Å². The maximum absolute atomic E-state index is 12.9. The molecule has 0 spiro atoms. The van der Waals surface area contributed by atoms with Crippen molar-refractivity contribution in [3.05, 3.63) is 23.5 Å². The number of alkyl halides is 2. The lowest BCUT2D eigenvalue weighted by Gasteiger charge is -2.28. The first-order valence-corrected chi connectivity index (χ1v) is 6.02. The Bertz CT molecular complexity index is 455. The summed E-state index contributed by atoms with van der Waals surface area (Å²) in [6.45, 7) is 2.59. The third kappa shape index (κ3) is 3.53. The van der Waals surface area contributed by atoms with E-state index in [1.165, 1.54) is 31.0 Å². The average Bonchev–Trinajstić information content (AvgIpc) is 2.69. The van der Waals surface area contributed by atoms with Crippen LogP contribution in [0.25, 0.3) is 0 Å². The van der Waals surface area contributed by atoms with Crippen LogP contribution in [0.1, 0.15) is 36.6 Å². The van der Waals surface area contributed by atoms with Gasteiger partial charge in [-0.2, -0.15) is 8.78 Å². The molecule has 108 valence electrons. The van der Waals surface area contributed by atoms with Crippen molar-refractivity contribution in [2.75, 3.05) is 20.2 Å². The number of hydrogen-bond donors (Lipinski definition) is 1. The van der Waals surface area contributed by atoms with Gasteiger partial charge in [0.15, 0.2) is 0 Å². The van der Waals surface area contributed by atoms with E-state index >= 15 is 0 Å². The summed E-state index contributed by atoms with van der Waals surface area (Å²) in [5.74, 6) is -0.477. The van der Waals surface area contributed by atoms with Gasteiger partial charge in [0, 0.05) is 31.3 Å². The minimum Gasteiger partial charge on any atom is -0.396 e. The average molecular weight is 274 g/mol. The van der Waals surface area contributed by atoms with Gasteiger partial charge in [0.2, 0.25) is 0 Å². The fraction of sp³-hybridized carbons (Fsp3) is 0.615. The molecule has 0 unspecified atom stereocenters. The molecule has 0 atom stereocenters. The van der Waals surface area contributed by atoms with Crippen LogP contribution in [0.2, 0.25) is 0 Å². The summed E-state index contributed by atoms with van der Waals surface area (Å²) in [6, 6.07) is 2.89. The number of halogens is 2. The number of hydrogen-bond acceptors (Lipinski definition) is 2. The molecule has 4 nitrogen and oxygen atoms in total. The molecule has 0 saturated carbocycles. The zero-order valence-corrected chi connectivity index (χ0v) is 11.7. The molecule has 1 aromatic rings. The van der Waals surface area contributed by atoms with Gasteiger partial charge in [-0.25, -0.2) is 0 Å². The molecule has 0 radical (unpaired) electrons. The van der Waals surface area contributed by atoms with Crippen molar-refractivity contribution in [3.63, 3.8) is 0 Å². The van der Waals surface area contributed by atoms with Crippen LogP contribution in [0.4, 0.5) is 8.78 Å². The Morgan fingerprint density at radius 2 is 2.05 bits per heavy atom. The monoisotopic (exact) mass is 274 g/mol. The highest BCUT2D eigenvalue weighted by Gasteiger charge is 2.26. The Labute approximate surface area is 111 Å². The standard InChI is InChI=1S/C13H20F2N2O2/c1-9-5-6-10(17(9)12(14)15)11(19)16(4)7-13(2,3)8-18/h5-6,12,18H,7-8H2,1-4H3. The minimum absolute atomic E-state index is 0.0382. The Hall–Kier alpha value is -1.43. The number of carbonyl (C=O) groups excluding carboxylic acids is 1. The van der Waals surface area contributed by atoms with Crippen LogP contribution in [-0.4, -0.2) is 40.7 Å². The zero-order chi connectivity index (χ0) is 14.8. The molecular formula is C13H20F2N2O2. The van der Waals surface area contributed by atoms with E-state index in [0.717, 1.165) is 0 Å². The highest BCUT2D eigenvalue weighted by atomic mass is 19.3. The molecule has 1 rings (SSSR count). The van der Waals surface area contributed by atoms with E-state index in [1.807, 2.05) is 0 Å². The number of aryl methyl sites for hydroxylation is 1. The lowest BCUT2D eigenvalue weighted by molar-refractivity contribution is 0.0515. The van der Waals surface area contributed by atoms with E-state index in [2.05, 4.69) is 0 Å². The van der Waals surface area contributed by atoms with Crippen molar-refractivity contribution in [1.82, 2.24) is 9.47 Å². The van der Waals surface area contributed by atoms with Crippen molar-refractivity contribution < 1.29 is 18.7 Å². The Kier molecular flexibility index (Phi) is 4.68. The maximum atomic E-state index is 12.9. The fourth-order valence-corrected chi connectivity index (χ4v) is 1.94. The number of nitrogens with zero attached hydrogens (tertiary/aromatic N) is 2. The molecule has 0 aliphatic rings. The molecule has 1 aromatic heterocycles. The number of carbonyl (C=O) groups is 1. The number of aliphatic hydroxyl groups excluding tert-OH is 1. The molecule has 0 bridgehead atoms. The summed E-state index contributed by atoms with van der Waals surface area (Å²) in [6.07, 6.45) is 0. The third-order valence-corrected chi connectivity index (χ3v) is 2.98. The molecule has 0 aliphatic carbocycles. The number of rotatable bonds is 5. The summed E-state index contributed by atoms with van der Waals surface area (Å²) in [5.41, 5.74) is -0.168. The number of aliphatic hydroxyl groups is 1. The summed E-state index contributed by atoms with van der Waals surface area (Å²) >= 11 is 0. The predicted molar refractivity (Wildman–Crippen MR) is 68.2 cm³/mol. The Morgan fingerprint density at radius 1 is 1.47 bits per heavy atom. The first-order valence-electron chi connectivity index (χ1n) is 6.02. The first kappa shape index (κ1) is 15.6. The van der Waals surface area contributed by atoms with E-state index in [9.17, 15) is 18.7 Å². The molecular weight excluding hydrogens is 254 g/mol. The van der Waals surface area contributed by atoms with Crippen LogP contribution in [0, 0.1) is 12.3 Å². The molecule has 19 heavy (non-hydrogen) atoms. The van der Waals surface area contributed by atoms with Crippen molar-refractivity contribution in [3.8, 4) is 0 Å². The van der Waals surface area contributed by atoms with E-state index in [4.69, 9.17) is 0 Å². The van der Waals surface area contributed by atoms with Gasteiger partial charge >= 0.3 is 6.55 Å². The van der Waals surface area contributed by atoms with Crippen molar-refractivity contribution in [1.29, 1.82) is 0 Å². The summed E-state index contributed by atoms with van der Waals surface area (Å²) in [7, 11) is 1.54. The van der Waals surface area contributed by atoms with Crippen LogP contribution in [0.5, 0.6) is 0 Å². The lowest BCUT2D eigenvalue weighted by atomic mass is 9.94. The van der Waals surface area contributed by atoms with Crippen LogP contribution >= 0.6 is 0 Å². The molecule has 6 heteroatoms. The third-order valence-electron chi connectivity index (χ3n) is 2.98. The van der Waals surface area contributed by atoms with E-state index in [0.29, 0.717) is 10.3 Å². The quantitative estimate of drug-likeness (QED) is 0.895. The van der Waals surface area contributed by atoms with Crippen LogP contribution < -0.4 is 0 Å². The van der Waals surface area contributed by atoms with Gasteiger partial charge in [0.05, 0.1) is 0 Å². The molecule has 1 amide bonds. The summed E-state index contributed by atoms with van der Waals surface area (Å²) in [4.78, 5) is 13.5. The van der Waals surface area contributed by atoms with Crippen LogP contribution in [0.15, 0.2) is 12.1 Å². The normalized spacial score (nSPS) is 12.0. The maximum Gasteiger partial charge on any atom is 0.319 e. The topological polar surface area (TPSA) is 45.5 Å². The predicted octanol–water partition coefficient (Wildman–Crippen LogP) is 2.28. The number of aromatic nitrogens is 1. The van der Waals surface area contributed by atoms with Crippen molar-refractivity contribution >= 4 is 5.91 Å². The lowest BCUT2D eigenvalue weighted by Crippen LogP contribution is -2.38. The highest BCUT2D eigenvalue weighted by molar-refractivity contribution is 5.92. The van der Waals surface area contributed by atoms with Crippen molar-refractivity contribution in [2.45, 2.75) is 27.3 Å². The van der Waals surface area contributed by atoms with Crippen LogP contribution in [-0.2, 0) is 0 Å². The fourth-order valence-electron chi connectivity index (χ4n) is 1.94. The second-order valence-electron chi connectivity index (χ2n) is 5.49. The van der Waals surface area contributed by atoms with Gasteiger partial charge in [-0.3, -0.25) is 9.36 Å². The summed E-state index contributed by atoms with van der Waals surface area (Å²) in [5, 5.41) is 9.18. The molecule has 0 fully saturated rings. The molecule has 0 aliphatic heterocycles. The van der Waals surface area contributed by atoms with E-state index in [-0.39, 0.29) is 18.8 Å². The molecule has 1 heterocycles. The minimum atomic E-state index is -2.74. The van der Waals surface area contributed by atoms with Gasteiger partial charge in [-0.15, -0.1) is 0 Å². The van der Waals surface area contributed by atoms with E-state index < -0.39 is 17.9 Å². The molecule has 0 saturated heterocycles. The van der Waals surface area contributed by atoms with Gasteiger partial charge in [-0.05, 0) is 19.1 Å². The highest BCUT2D eigenvalue weighted by Crippen LogP contribution is 2.21. The Morgan fingerprint density at radius 3 is 2.53 bits per heavy atom. The second kappa shape index (κ2) is 5.69. The van der Waals surface area contributed by atoms with Gasteiger partial charge in [0.25, 0.3) is 5.91 Å². The largest absolute Gasteiger partial charge is 0.396 e. The summed E-state index contributed by atoms with van der Waals surface area (Å²) < 4.78 is 26.5. The molecule has 1 N–H and O–H groups in total. The van der Waals surface area contributed by atoms with Gasteiger partial charge in [-0.1, -0.05) is 13.8 Å².